The number of sulfonamides is 1. The van der Waals surface area contributed by atoms with Crippen LogP contribution in [0.15, 0.2) is 29.2 Å². The highest BCUT2D eigenvalue weighted by atomic mass is 32.2. The third kappa shape index (κ3) is 5.93. The summed E-state index contributed by atoms with van der Waals surface area (Å²) in [6.07, 6.45) is 2.62. The Morgan fingerprint density at radius 3 is 2.19 bits per heavy atom. The van der Waals surface area contributed by atoms with Gasteiger partial charge in [0.2, 0.25) is 10.0 Å². The number of alkyl halides is 3. The molecule has 1 aliphatic rings. The van der Waals surface area contributed by atoms with E-state index in [-0.39, 0.29) is 10.9 Å². The van der Waals surface area contributed by atoms with Crippen molar-refractivity contribution in [3.63, 3.8) is 0 Å². The molecule has 0 amide bonds. The van der Waals surface area contributed by atoms with Crippen LogP contribution in [0.5, 0.6) is 0 Å². The molecule has 0 radical (unpaired) electrons. The number of nitrogens with one attached hydrogen (secondary N) is 1. The zero-order valence-electron chi connectivity index (χ0n) is 15.9. The lowest BCUT2D eigenvalue weighted by molar-refractivity contribution is -0.137. The van der Waals surface area contributed by atoms with E-state index in [0.29, 0.717) is 5.92 Å². The van der Waals surface area contributed by atoms with Gasteiger partial charge in [0.05, 0.1) is 10.5 Å². The van der Waals surface area contributed by atoms with Gasteiger partial charge < -0.3 is 5.32 Å². The van der Waals surface area contributed by atoms with Crippen molar-refractivity contribution in [1.82, 2.24) is 9.62 Å². The average Bonchev–Trinajstić information content (AvgIpc) is 2.64. The number of hydrogen-bond donors (Lipinski definition) is 1. The first-order valence-corrected chi connectivity index (χ1v) is 10.9. The van der Waals surface area contributed by atoms with Gasteiger partial charge in [-0.15, -0.1) is 0 Å². The van der Waals surface area contributed by atoms with E-state index in [1.54, 1.807) is 0 Å². The molecule has 1 aromatic rings. The molecule has 0 aromatic heterocycles. The summed E-state index contributed by atoms with van der Waals surface area (Å²) in [5.74, 6) is 0.639. The minimum absolute atomic E-state index is 0.0906. The summed E-state index contributed by atoms with van der Waals surface area (Å²) in [6.45, 7) is 1.02. The Bertz CT molecular complexity index is 682. The van der Waals surface area contributed by atoms with E-state index < -0.39 is 21.8 Å². The largest absolute Gasteiger partial charge is 0.416 e. The second-order valence-corrected chi connectivity index (χ2v) is 9.31. The molecule has 0 bridgehead atoms. The zero-order chi connectivity index (χ0) is 20.1. The van der Waals surface area contributed by atoms with Gasteiger partial charge in [0.15, 0.2) is 0 Å². The molecule has 1 fully saturated rings. The number of unbranched alkanes of at least 4 members (excludes halogenated alkanes) is 1. The first-order valence-electron chi connectivity index (χ1n) is 9.46. The van der Waals surface area contributed by atoms with Crippen LogP contribution in [0, 0.1) is 5.92 Å². The molecule has 1 aromatic carbocycles. The molecule has 0 saturated heterocycles. The van der Waals surface area contributed by atoms with Crippen LogP contribution in [0.1, 0.15) is 50.5 Å². The second-order valence-electron chi connectivity index (χ2n) is 7.32. The molecule has 0 heterocycles. The summed E-state index contributed by atoms with van der Waals surface area (Å²) in [6, 6.07) is 3.64. The van der Waals surface area contributed by atoms with Gasteiger partial charge in [-0.25, -0.2) is 8.42 Å². The first-order chi connectivity index (χ1) is 12.7. The van der Waals surface area contributed by atoms with Crippen LogP contribution >= 0.6 is 0 Å². The van der Waals surface area contributed by atoms with Gasteiger partial charge in [0.25, 0.3) is 0 Å². The highest BCUT2D eigenvalue weighted by Crippen LogP contribution is 2.33. The van der Waals surface area contributed by atoms with Crippen LogP contribution in [-0.4, -0.2) is 39.4 Å². The van der Waals surface area contributed by atoms with Crippen LogP contribution in [-0.2, 0) is 16.2 Å². The van der Waals surface area contributed by atoms with Gasteiger partial charge in [-0.1, -0.05) is 12.8 Å². The van der Waals surface area contributed by atoms with Crippen LogP contribution in [0.3, 0.4) is 0 Å². The summed E-state index contributed by atoms with van der Waals surface area (Å²) < 4.78 is 64.9. The van der Waals surface area contributed by atoms with Crippen molar-refractivity contribution >= 4 is 10.0 Å². The predicted octanol–water partition coefficient (Wildman–Crippen LogP) is 4.27. The molecular formula is C19H29F3N2O2S. The fourth-order valence-corrected chi connectivity index (χ4v) is 5.13. The number of rotatable bonds is 8. The van der Waals surface area contributed by atoms with Crippen LogP contribution in [0.2, 0.25) is 0 Å². The van der Waals surface area contributed by atoms with Gasteiger partial charge in [-0.3, -0.25) is 0 Å². The summed E-state index contributed by atoms with van der Waals surface area (Å²) in [4.78, 5) is -0.0906. The van der Waals surface area contributed by atoms with E-state index in [2.05, 4.69) is 5.32 Å². The smallest absolute Gasteiger partial charge is 0.320 e. The lowest BCUT2D eigenvalue weighted by Gasteiger charge is -2.34. The van der Waals surface area contributed by atoms with Gasteiger partial charge in [0, 0.05) is 13.1 Å². The SMILES string of the molecule is CNCCCC[C@H]1CC[C@H](N(C)S(=O)(=O)c2ccc(C(F)(F)F)cc2)CC1. The van der Waals surface area contributed by atoms with Crippen molar-refractivity contribution in [3.8, 4) is 0 Å². The Morgan fingerprint density at radius 2 is 1.67 bits per heavy atom. The van der Waals surface area contributed by atoms with E-state index in [1.165, 1.54) is 24.2 Å². The Labute approximate surface area is 160 Å². The number of hydrogen-bond acceptors (Lipinski definition) is 3. The third-order valence-corrected chi connectivity index (χ3v) is 7.40. The first kappa shape index (κ1) is 22.2. The normalized spacial score (nSPS) is 21.6. The van der Waals surface area contributed by atoms with E-state index in [0.717, 1.165) is 62.9 Å². The van der Waals surface area contributed by atoms with Crippen LogP contribution < -0.4 is 5.32 Å². The zero-order valence-corrected chi connectivity index (χ0v) is 16.7. The Hall–Kier alpha value is -1.12. The van der Waals surface area contributed by atoms with Gasteiger partial charge in [0.1, 0.15) is 0 Å². The van der Waals surface area contributed by atoms with Crippen molar-refractivity contribution in [1.29, 1.82) is 0 Å². The molecule has 2 rings (SSSR count). The molecule has 4 nitrogen and oxygen atoms in total. The maximum Gasteiger partial charge on any atom is 0.416 e. The number of nitrogens with zero attached hydrogens (tertiary/aromatic N) is 1. The number of halogens is 3. The molecule has 1 saturated carbocycles. The Kier molecular flexibility index (Phi) is 7.71. The molecule has 0 aliphatic heterocycles. The molecule has 0 atom stereocenters. The van der Waals surface area contributed by atoms with Crippen molar-refractivity contribution in [3.05, 3.63) is 29.8 Å². The van der Waals surface area contributed by atoms with Crippen LogP contribution in [0.25, 0.3) is 0 Å². The Balaban J connectivity index is 1.94. The lowest BCUT2D eigenvalue weighted by atomic mass is 9.83. The van der Waals surface area contributed by atoms with Crippen molar-refractivity contribution in [2.45, 2.75) is 62.1 Å². The molecule has 1 N–H and O–H groups in total. The monoisotopic (exact) mass is 406 g/mol. The molecule has 0 unspecified atom stereocenters. The van der Waals surface area contributed by atoms with E-state index >= 15 is 0 Å². The van der Waals surface area contributed by atoms with Crippen molar-refractivity contribution in [2.24, 2.45) is 5.92 Å². The average molecular weight is 407 g/mol. The summed E-state index contributed by atoms with van der Waals surface area (Å²) in [5.41, 5.74) is -0.845. The topological polar surface area (TPSA) is 49.4 Å². The fourth-order valence-electron chi connectivity index (χ4n) is 3.71. The van der Waals surface area contributed by atoms with E-state index in [9.17, 15) is 21.6 Å². The Morgan fingerprint density at radius 1 is 1.07 bits per heavy atom. The molecular weight excluding hydrogens is 377 g/mol. The predicted molar refractivity (Wildman–Crippen MR) is 99.9 cm³/mol. The van der Waals surface area contributed by atoms with Crippen LogP contribution in [0.4, 0.5) is 13.2 Å². The summed E-state index contributed by atoms with van der Waals surface area (Å²) in [7, 11) is -0.310. The minimum atomic E-state index is -4.47. The standard InChI is InChI=1S/C19H29F3N2O2S/c1-23-14-4-3-5-15-6-10-17(11-7-15)24(2)27(25,26)18-12-8-16(9-13-18)19(20,21)22/h8-9,12-13,15,17,23H,3-7,10-11,14H2,1-2H3/t15-,17-. The van der Waals surface area contributed by atoms with Crippen molar-refractivity contribution in [2.75, 3.05) is 20.6 Å². The van der Waals surface area contributed by atoms with E-state index in [4.69, 9.17) is 0 Å². The summed E-state index contributed by atoms with van der Waals surface area (Å²) in [5, 5.41) is 3.14. The fraction of sp³-hybridized carbons (Fsp3) is 0.684. The highest BCUT2D eigenvalue weighted by molar-refractivity contribution is 7.89. The van der Waals surface area contributed by atoms with Gasteiger partial charge in [-0.2, -0.15) is 17.5 Å². The molecule has 1 aliphatic carbocycles. The highest BCUT2D eigenvalue weighted by Gasteiger charge is 2.33. The maximum absolute atomic E-state index is 12.8. The molecule has 0 spiro atoms. The molecule has 8 heteroatoms. The third-order valence-electron chi connectivity index (χ3n) is 5.48. The minimum Gasteiger partial charge on any atom is -0.320 e. The van der Waals surface area contributed by atoms with Gasteiger partial charge >= 0.3 is 6.18 Å². The second kappa shape index (κ2) is 9.39. The molecule has 154 valence electrons. The van der Waals surface area contributed by atoms with E-state index in [1.807, 2.05) is 7.05 Å². The maximum atomic E-state index is 12.8. The van der Waals surface area contributed by atoms with Gasteiger partial charge in [-0.05, 0) is 75.9 Å². The quantitative estimate of drug-likeness (QED) is 0.656. The lowest BCUT2D eigenvalue weighted by Crippen LogP contribution is -2.39. The summed E-state index contributed by atoms with van der Waals surface area (Å²) >= 11 is 0. The number of benzene rings is 1. The molecule has 27 heavy (non-hydrogen) atoms. The van der Waals surface area contributed by atoms with Crippen molar-refractivity contribution < 1.29 is 21.6 Å².